The van der Waals surface area contributed by atoms with Gasteiger partial charge in [-0.25, -0.2) is 9.59 Å². The van der Waals surface area contributed by atoms with E-state index >= 15 is 0 Å². The van der Waals surface area contributed by atoms with E-state index in [0.29, 0.717) is 28.6 Å². The molecule has 0 amide bonds. The second-order valence-corrected chi connectivity index (χ2v) is 6.88. The van der Waals surface area contributed by atoms with Gasteiger partial charge in [0.15, 0.2) is 0 Å². The van der Waals surface area contributed by atoms with E-state index in [-0.39, 0.29) is 0 Å². The number of esters is 2. The Morgan fingerprint density at radius 1 is 0.935 bits per heavy atom. The van der Waals surface area contributed by atoms with Gasteiger partial charge in [-0.1, -0.05) is 31.4 Å². The molecule has 0 unspecified atom stereocenters. The number of furan rings is 1. The monoisotopic (exact) mass is 414 g/mol. The van der Waals surface area contributed by atoms with Gasteiger partial charge in [0.05, 0.1) is 0 Å². The van der Waals surface area contributed by atoms with Crippen molar-refractivity contribution in [3.63, 3.8) is 0 Å². The van der Waals surface area contributed by atoms with Crippen molar-refractivity contribution in [2.45, 2.75) is 13.8 Å². The number of carbonyl (C=O) groups excluding carboxylic acids is 2. The first-order valence-corrected chi connectivity index (χ1v) is 9.56. The lowest BCUT2D eigenvalue weighted by Gasteiger charge is -2.07. The maximum Gasteiger partial charge on any atom is 0.338 e. The standard InChI is InChI=1S/C26H22O5/c1-5-25(27)30-21-10-7-19(8-11-21)6-9-20-13-15-24(29-20)23-14-12-22(16-18(23)4)31-26(28)17(2)3/h5-16H,1-2H2,3-4H3/b9-6+. The van der Waals surface area contributed by atoms with Crippen molar-refractivity contribution in [2.75, 3.05) is 0 Å². The van der Waals surface area contributed by atoms with Crippen LogP contribution < -0.4 is 9.47 Å². The molecule has 0 aliphatic rings. The van der Waals surface area contributed by atoms with Crippen LogP contribution >= 0.6 is 0 Å². The average molecular weight is 414 g/mol. The number of benzene rings is 2. The summed E-state index contributed by atoms with van der Waals surface area (Å²) in [7, 11) is 0. The van der Waals surface area contributed by atoms with Gasteiger partial charge in [-0.2, -0.15) is 0 Å². The summed E-state index contributed by atoms with van der Waals surface area (Å²) in [4.78, 5) is 22.9. The Bertz CT molecular complexity index is 1160. The molecule has 3 aromatic rings. The van der Waals surface area contributed by atoms with Crippen LogP contribution in [-0.2, 0) is 9.59 Å². The zero-order valence-electron chi connectivity index (χ0n) is 17.4. The van der Waals surface area contributed by atoms with E-state index in [1.165, 1.54) is 0 Å². The first-order chi connectivity index (χ1) is 14.9. The SMILES string of the molecule is C=CC(=O)Oc1ccc(/C=C/c2ccc(-c3ccc(OC(=O)C(=C)C)cc3C)o2)cc1. The number of rotatable bonds is 7. The highest BCUT2D eigenvalue weighted by atomic mass is 16.5. The molecule has 31 heavy (non-hydrogen) atoms. The topological polar surface area (TPSA) is 65.7 Å². The minimum atomic E-state index is -0.497. The van der Waals surface area contributed by atoms with Crippen LogP contribution in [0.15, 0.2) is 83.8 Å². The average Bonchev–Trinajstić information content (AvgIpc) is 3.22. The third-order valence-electron chi connectivity index (χ3n) is 4.35. The van der Waals surface area contributed by atoms with Gasteiger partial charge < -0.3 is 13.9 Å². The van der Waals surface area contributed by atoms with E-state index in [1.807, 2.05) is 49.4 Å². The molecule has 0 spiro atoms. The fraction of sp³-hybridized carbons (Fsp3) is 0.0769. The quantitative estimate of drug-likeness (QED) is 0.270. The number of hydrogen-bond acceptors (Lipinski definition) is 5. The third-order valence-corrected chi connectivity index (χ3v) is 4.35. The normalized spacial score (nSPS) is 10.6. The summed E-state index contributed by atoms with van der Waals surface area (Å²) in [5.74, 6) is 1.36. The highest BCUT2D eigenvalue weighted by Crippen LogP contribution is 2.29. The lowest BCUT2D eigenvalue weighted by molar-refractivity contribution is -0.130. The van der Waals surface area contributed by atoms with Crippen molar-refractivity contribution >= 4 is 24.1 Å². The fourth-order valence-corrected chi connectivity index (χ4v) is 2.74. The van der Waals surface area contributed by atoms with Crippen LogP contribution in [0.5, 0.6) is 11.5 Å². The number of aryl methyl sites for hydroxylation is 1. The Hall–Kier alpha value is -4.12. The van der Waals surface area contributed by atoms with Gasteiger partial charge in [0.1, 0.15) is 23.0 Å². The van der Waals surface area contributed by atoms with Crippen molar-refractivity contribution in [3.8, 4) is 22.8 Å². The largest absolute Gasteiger partial charge is 0.457 e. The maximum absolute atomic E-state index is 11.7. The third kappa shape index (κ3) is 5.70. The summed E-state index contributed by atoms with van der Waals surface area (Å²) >= 11 is 0. The first-order valence-electron chi connectivity index (χ1n) is 9.56. The summed E-state index contributed by atoms with van der Waals surface area (Å²) in [5, 5.41) is 0. The molecule has 0 saturated carbocycles. The summed E-state index contributed by atoms with van der Waals surface area (Å²) in [5.41, 5.74) is 3.09. The molecule has 0 fully saturated rings. The molecule has 0 aliphatic carbocycles. The van der Waals surface area contributed by atoms with E-state index in [1.54, 1.807) is 31.2 Å². The molecule has 1 heterocycles. The van der Waals surface area contributed by atoms with E-state index in [4.69, 9.17) is 13.9 Å². The molecule has 0 N–H and O–H groups in total. The Balaban J connectivity index is 1.70. The van der Waals surface area contributed by atoms with Crippen molar-refractivity contribution in [3.05, 3.63) is 96.3 Å². The van der Waals surface area contributed by atoms with Crippen LogP contribution in [0.1, 0.15) is 23.8 Å². The molecule has 5 heteroatoms. The first kappa shape index (κ1) is 21.6. The van der Waals surface area contributed by atoms with Gasteiger partial charge in [0, 0.05) is 17.2 Å². The lowest BCUT2D eigenvalue weighted by Crippen LogP contribution is -2.08. The Labute approximate surface area is 180 Å². The zero-order chi connectivity index (χ0) is 22.4. The second-order valence-electron chi connectivity index (χ2n) is 6.88. The van der Waals surface area contributed by atoms with Crippen molar-refractivity contribution < 1.29 is 23.5 Å². The summed E-state index contributed by atoms with van der Waals surface area (Å²) in [6.45, 7) is 10.5. The smallest absolute Gasteiger partial charge is 0.338 e. The minimum Gasteiger partial charge on any atom is -0.457 e. The maximum atomic E-state index is 11.7. The number of hydrogen-bond donors (Lipinski definition) is 0. The molecule has 0 saturated heterocycles. The molecule has 0 radical (unpaired) electrons. The van der Waals surface area contributed by atoms with Crippen LogP contribution in [0.2, 0.25) is 0 Å². The molecule has 0 atom stereocenters. The number of ether oxygens (including phenoxy) is 2. The van der Waals surface area contributed by atoms with Gasteiger partial charge in [-0.3, -0.25) is 0 Å². The van der Waals surface area contributed by atoms with Crippen molar-refractivity contribution in [1.29, 1.82) is 0 Å². The van der Waals surface area contributed by atoms with Crippen molar-refractivity contribution in [1.82, 2.24) is 0 Å². The molecule has 2 aromatic carbocycles. The van der Waals surface area contributed by atoms with Crippen molar-refractivity contribution in [2.24, 2.45) is 0 Å². The van der Waals surface area contributed by atoms with Gasteiger partial charge >= 0.3 is 11.9 Å². The van der Waals surface area contributed by atoms with Crippen LogP contribution in [-0.4, -0.2) is 11.9 Å². The predicted octanol–water partition coefficient (Wildman–Crippen LogP) is 6.00. The van der Waals surface area contributed by atoms with E-state index in [9.17, 15) is 9.59 Å². The summed E-state index contributed by atoms with van der Waals surface area (Å²) in [6, 6.07) is 16.2. The fourth-order valence-electron chi connectivity index (χ4n) is 2.74. The second kappa shape index (κ2) is 9.59. The zero-order valence-corrected chi connectivity index (χ0v) is 17.4. The molecule has 0 aliphatic heterocycles. The molecule has 156 valence electrons. The molecule has 5 nitrogen and oxygen atoms in total. The van der Waals surface area contributed by atoms with Gasteiger partial charge in [-0.05, 0) is 73.5 Å². The molecular weight excluding hydrogens is 392 g/mol. The minimum absolute atomic E-state index is 0.344. The summed E-state index contributed by atoms with van der Waals surface area (Å²) < 4.78 is 16.3. The van der Waals surface area contributed by atoms with Gasteiger partial charge in [0.2, 0.25) is 0 Å². The van der Waals surface area contributed by atoms with Crippen LogP contribution in [0, 0.1) is 6.92 Å². The number of carbonyl (C=O) groups is 2. The van der Waals surface area contributed by atoms with Gasteiger partial charge in [-0.15, -0.1) is 0 Å². The summed E-state index contributed by atoms with van der Waals surface area (Å²) in [6.07, 6.45) is 4.87. The van der Waals surface area contributed by atoms with E-state index in [2.05, 4.69) is 13.2 Å². The molecule has 1 aromatic heterocycles. The highest BCUT2D eigenvalue weighted by Gasteiger charge is 2.10. The Morgan fingerprint density at radius 3 is 2.29 bits per heavy atom. The van der Waals surface area contributed by atoms with Crippen LogP contribution in [0.25, 0.3) is 23.5 Å². The Morgan fingerprint density at radius 2 is 1.65 bits per heavy atom. The lowest BCUT2D eigenvalue weighted by atomic mass is 10.1. The van der Waals surface area contributed by atoms with Crippen LogP contribution in [0.3, 0.4) is 0 Å². The molecule has 0 bridgehead atoms. The van der Waals surface area contributed by atoms with Gasteiger partial charge in [0.25, 0.3) is 0 Å². The Kier molecular flexibility index (Phi) is 6.67. The molecular formula is C26H22O5. The molecule has 3 rings (SSSR count). The predicted molar refractivity (Wildman–Crippen MR) is 121 cm³/mol. The van der Waals surface area contributed by atoms with Crippen LogP contribution in [0.4, 0.5) is 0 Å². The van der Waals surface area contributed by atoms with E-state index in [0.717, 1.165) is 22.8 Å². The highest BCUT2D eigenvalue weighted by molar-refractivity contribution is 5.89. The van der Waals surface area contributed by atoms with E-state index < -0.39 is 11.9 Å².